The van der Waals surface area contributed by atoms with E-state index in [2.05, 4.69) is 15.3 Å². The van der Waals surface area contributed by atoms with Gasteiger partial charge in [-0.2, -0.15) is 0 Å². The molecule has 1 aromatic carbocycles. The molecule has 1 aliphatic carbocycles. The third-order valence-electron chi connectivity index (χ3n) is 3.79. The molecule has 0 saturated heterocycles. The molecule has 5 N–H and O–H groups in total. The summed E-state index contributed by atoms with van der Waals surface area (Å²) in [5.74, 6) is -0.135. The number of aromatic amines is 2. The van der Waals surface area contributed by atoms with E-state index in [0.29, 0.717) is 29.7 Å². The number of H-pyrrole nitrogens is 2. The molecular weight excluding hydrogens is 244 g/mol. The van der Waals surface area contributed by atoms with E-state index < -0.39 is 0 Å². The van der Waals surface area contributed by atoms with Gasteiger partial charge in [-0.3, -0.25) is 4.79 Å². The van der Waals surface area contributed by atoms with Crippen molar-refractivity contribution in [2.75, 3.05) is 13.1 Å². The molecule has 6 nitrogen and oxygen atoms in total. The Labute approximate surface area is 109 Å². The second-order valence-electron chi connectivity index (χ2n) is 5.23. The summed E-state index contributed by atoms with van der Waals surface area (Å²) >= 11 is 0. The van der Waals surface area contributed by atoms with Gasteiger partial charge in [-0.25, -0.2) is 4.79 Å². The van der Waals surface area contributed by atoms with E-state index in [1.54, 1.807) is 18.2 Å². The molecule has 0 aliphatic heterocycles. The molecule has 1 heterocycles. The van der Waals surface area contributed by atoms with Crippen molar-refractivity contribution in [1.82, 2.24) is 15.3 Å². The first-order valence-corrected chi connectivity index (χ1v) is 6.32. The van der Waals surface area contributed by atoms with E-state index >= 15 is 0 Å². The second-order valence-corrected chi connectivity index (χ2v) is 5.23. The molecule has 1 saturated carbocycles. The largest absolute Gasteiger partial charge is 0.351 e. The van der Waals surface area contributed by atoms with Crippen LogP contribution in [-0.2, 0) is 0 Å². The van der Waals surface area contributed by atoms with Gasteiger partial charge in [-0.1, -0.05) is 0 Å². The Kier molecular flexibility index (Phi) is 2.67. The van der Waals surface area contributed by atoms with Crippen molar-refractivity contribution < 1.29 is 4.79 Å². The first kappa shape index (κ1) is 12.0. The molecule has 1 amide bonds. The van der Waals surface area contributed by atoms with Crippen LogP contribution >= 0.6 is 0 Å². The molecule has 1 aliphatic rings. The maximum atomic E-state index is 12.0. The summed E-state index contributed by atoms with van der Waals surface area (Å²) < 4.78 is 0. The fourth-order valence-corrected chi connectivity index (χ4v) is 2.17. The molecule has 100 valence electrons. The summed E-state index contributed by atoms with van der Waals surface area (Å²) in [5.41, 5.74) is 7.39. The van der Waals surface area contributed by atoms with Gasteiger partial charge < -0.3 is 21.0 Å². The smallest absolute Gasteiger partial charge is 0.323 e. The first-order valence-electron chi connectivity index (χ1n) is 6.32. The molecule has 1 aromatic heterocycles. The van der Waals surface area contributed by atoms with Crippen molar-refractivity contribution in [2.24, 2.45) is 11.1 Å². The summed E-state index contributed by atoms with van der Waals surface area (Å²) in [7, 11) is 0. The molecule has 0 atom stereocenters. The zero-order chi connectivity index (χ0) is 13.5. The van der Waals surface area contributed by atoms with E-state index in [4.69, 9.17) is 5.73 Å². The Hall–Kier alpha value is -2.08. The van der Waals surface area contributed by atoms with Crippen molar-refractivity contribution in [3.63, 3.8) is 0 Å². The molecule has 0 radical (unpaired) electrons. The van der Waals surface area contributed by atoms with Crippen molar-refractivity contribution in [3.8, 4) is 0 Å². The summed E-state index contributed by atoms with van der Waals surface area (Å²) in [4.78, 5) is 28.5. The van der Waals surface area contributed by atoms with Gasteiger partial charge in [-0.05, 0) is 37.6 Å². The fraction of sp³-hybridized carbons (Fsp3) is 0.385. The third kappa shape index (κ3) is 2.26. The molecule has 1 fully saturated rings. The lowest BCUT2D eigenvalue weighted by Gasteiger charge is -2.13. The maximum Gasteiger partial charge on any atom is 0.323 e. The predicted octanol–water partition coefficient (Wildman–Crippen LogP) is 0.325. The highest BCUT2D eigenvalue weighted by Gasteiger charge is 2.41. The van der Waals surface area contributed by atoms with Gasteiger partial charge in [-0.15, -0.1) is 0 Å². The highest BCUT2D eigenvalue weighted by Crippen LogP contribution is 2.43. The van der Waals surface area contributed by atoms with Gasteiger partial charge in [0.05, 0.1) is 11.0 Å². The van der Waals surface area contributed by atoms with Gasteiger partial charge in [0.1, 0.15) is 0 Å². The Bertz CT molecular complexity index is 681. The van der Waals surface area contributed by atoms with Gasteiger partial charge in [0.15, 0.2) is 0 Å². The number of amides is 1. The van der Waals surface area contributed by atoms with Crippen LogP contribution in [-0.4, -0.2) is 29.0 Å². The predicted molar refractivity (Wildman–Crippen MR) is 72.0 cm³/mol. The number of nitrogens with one attached hydrogen (secondary N) is 3. The lowest BCUT2D eigenvalue weighted by Crippen LogP contribution is -2.33. The number of rotatable bonds is 4. The first-order chi connectivity index (χ1) is 9.12. The lowest BCUT2D eigenvalue weighted by atomic mass is 10.1. The Morgan fingerprint density at radius 3 is 2.74 bits per heavy atom. The monoisotopic (exact) mass is 260 g/mol. The molecule has 19 heavy (non-hydrogen) atoms. The summed E-state index contributed by atoms with van der Waals surface area (Å²) in [5, 5.41) is 2.90. The summed E-state index contributed by atoms with van der Waals surface area (Å²) in [6.45, 7) is 1.22. The number of hydrogen-bond acceptors (Lipinski definition) is 3. The normalized spacial score (nSPS) is 16.5. The quantitative estimate of drug-likeness (QED) is 0.636. The van der Waals surface area contributed by atoms with Crippen LogP contribution in [0.15, 0.2) is 23.0 Å². The second kappa shape index (κ2) is 4.24. The summed E-state index contributed by atoms with van der Waals surface area (Å²) in [6, 6.07) is 5.09. The minimum atomic E-state index is -0.271. The maximum absolute atomic E-state index is 12.0. The minimum absolute atomic E-state index is 0.113. The van der Waals surface area contributed by atoms with E-state index in [-0.39, 0.29) is 17.0 Å². The summed E-state index contributed by atoms with van der Waals surface area (Å²) in [6.07, 6.45) is 2.15. The average Bonchev–Trinajstić information content (AvgIpc) is 3.10. The minimum Gasteiger partial charge on any atom is -0.351 e. The van der Waals surface area contributed by atoms with Crippen molar-refractivity contribution in [3.05, 3.63) is 34.2 Å². The molecular formula is C13H16N4O2. The van der Waals surface area contributed by atoms with Crippen LogP contribution in [0.1, 0.15) is 23.2 Å². The van der Waals surface area contributed by atoms with Crippen LogP contribution in [0.2, 0.25) is 0 Å². The molecule has 0 spiro atoms. The van der Waals surface area contributed by atoms with Gasteiger partial charge in [0, 0.05) is 17.5 Å². The zero-order valence-corrected chi connectivity index (χ0v) is 10.5. The number of fused-ring (bicyclic) bond motifs is 1. The van der Waals surface area contributed by atoms with Crippen LogP contribution in [0.4, 0.5) is 0 Å². The van der Waals surface area contributed by atoms with Crippen molar-refractivity contribution in [2.45, 2.75) is 12.8 Å². The lowest BCUT2D eigenvalue weighted by molar-refractivity contribution is 0.0945. The Morgan fingerprint density at radius 2 is 2.05 bits per heavy atom. The van der Waals surface area contributed by atoms with Gasteiger partial charge in [0.2, 0.25) is 0 Å². The highest BCUT2D eigenvalue weighted by atomic mass is 16.2. The Balaban J connectivity index is 1.75. The number of aromatic nitrogens is 2. The average molecular weight is 260 g/mol. The van der Waals surface area contributed by atoms with Gasteiger partial charge in [0.25, 0.3) is 5.91 Å². The van der Waals surface area contributed by atoms with Gasteiger partial charge >= 0.3 is 5.69 Å². The standard InChI is InChI=1S/C13H16N4O2/c14-6-13(3-4-13)7-15-11(18)8-1-2-9-10(5-8)17-12(19)16-9/h1-2,5H,3-4,6-7,14H2,(H,15,18)(H2,16,17,19). The number of imidazole rings is 1. The number of nitrogens with two attached hydrogens (primary N) is 1. The van der Waals surface area contributed by atoms with E-state index in [9.17, 15) is 9.59 Å². The number of hydrogen-bond donors (Lipinski definition) is 4. The molecule has 2 aromatic rings. The number of carbonyl (C=O) groups is 1. The van der Waals surface area contributed by atoms with Crippen LogP contribution in [0, 0.1) is 5.41 Å². The molecule has 0 bridgehead atoms. The molecule has 3 rings (SSSR count). The SMILES string of the molecule is NCC1(CNC(=O)c2ccc3[nH]c(=O)[nH]c3c2)CC1. The molecule has 0 unspecified atom stereocenters. The van der Waals surface area contributed by atoms with Crippen molar-refractivity contribution >= 4 is 16.9 Å². The number of benzene rings is 1. The van der Waals surface area contributed by atoms with Crippen LogP contribution in [0.25, 0.3) is 11.0 Å². The van der Waals surface area contributed by atoms with Crippen LogP contribution in [0.3, 0.4) is 0 Å². The number of carbonyl (C=O) groups excluding carboxylic acids is 1. The van der Waals surface area contributed by atoms with E-state index in [1.807, 2.05) is 0 Å². The fourth-order valence-electron chi connectivity index (χ4n) is 2.17. The van der Waals surface area contributed by atoms with Crippen LogP contribution in [0.5, 0.6) is 0 Å². The topological polar surface area (TPSA) is 104 Å². The third-order valence-corrected chi connectivity index (χ3v) is 3.79. The zero-order valence-electron chi connectivity index (χ0n) is 10.5. The highest BCUT2D eigenvalue weighted by molar-refractivity contribution is 5.97. The Morgan fingerprint density at radius 1 is 1.32 bits per heavy atom. The van der Waals surface area contributed by atoms with E-state index in [0.717, 1.165) is 12.8 Å². The van der Waals surface area contributed by atoms with Crippen LogP contribution < -0.4 is 16.7 Å². The molecule has 6 heteroatoms. The van der Waals surface area contributed by atoms with Crippen molar-refractivity contribution in [1.29, 1.82) is 0 Å². The van der Waals surface area contributed by atoms with E-state index in [1.165, 1.54) is 0 Å².